The fraction of sp³-hybridized carbons (Fsp3) is 0.0625. The molecule has 0 aliphatic rings. The van der Waals surface area contributed by atoms with E-state index in [9.17, 15) is 14.7 Å². The number of hydrogen-bond acceptors (Lipinski definition) is 5. The van der Waals surface area contributed by atoms with Gasteiger partial charge >= 0.3 is 0 Å². The third-order valence-corrected chi connectivity index (χ3v) is 3.26. The van der Waals surface area contributed by atoms with Crippen molar-refractivity contribution in [2.24, 2.45) is 5.10 Å². The molecule has 0 heterocycles. The molecule has 0 fully saturated rings. The Hall–Kier alpha value is -3.06. The van der Waals surface area contributed by atoms with Crippen LogP contribution in [0, 0.1) is 0 Å². The van der Waals surface area contributed by atoms with Gasteiger partial charge in [0, 0.05) is 11.6 Å². The molecular weight excluding hydrogens is 334 g/mol. The highest BCUT2D eigenvalue weighted by Gasteiger charge is 2.10. The molecule has 0 spiro atoms. The van der Waals surface area contributed by atoms with Crippen molar-refractivity contribution in [2.45, 2.75) is 0 Å². The van der Waals surface area contributed by atoms with Crippen LogP contribution >= 0.6 is 11.6 Å². The third-order valence-electron chi connectivity index (χ3n) is 2.93. The van der Waals surface area contributed by atoms with Crippen LogP contribution in [0.3, 0.4) is 0 Å². The lowest BCUT2D eigenvalue weighted by Crippen LogP contribution is -2.35. The van der Waals surface area contributed by atoms with Gasteiger partial charge in [0.15, 0.2) is 0 Å². The zero-order valence-electron chi connectivity index (χ0n) is 12.4. The number of phenols is 2. The summed E-state index contributed by atoms with van der Waals surface area (Å²) in [6.07, 6.45) is 1.21. The largest absolute Gasteiger partial charge is 0.508 e. The van der Waals surface area contributed by atoms with Gasteiger partial charge < -0.3 is 15.5 Å². The molecule has 0 aliphatic carbocycles. The molecule has 0 bridgehead atoms. The minimum atomic E-state index is -0.551. The molecule has 4 N–H and O–H groups in total. The van der Waals surface area contributed by atoms with E-state index in [1.165, 1.54) is 18.3 Å². The fourth-order valence-corrected chi connectivity index (χ4v) is 1.98. The molecular formula is C16H14ClN3O4. The Morgan fingerprint density at radius 3 is 2.62 bits per heavy atom. The summed E-state index contributed by atoms with van der Waals surface area (Å²) < 4.78 is 0. The topological polar surface area (TPSA) is 111 Å². The van der Waals surface area contributed by atoms with E-state index < -0.39 is 11.8 Å². The number of halogens is 1. The number of amides is 2. The van der Waals surface area contributed by atoms with Crippen molar-refractivity contribution in [3.8, 4) is 11.5 Å². The van der Waals surface area contributed by atoms with Gasteiger partial charge in [-0.3, -0.25) is 9.59 Å². The number of nitrogens with zero attached hydrogens (tertiary/aromatic N) is 1. The summed E-state index contributed by atoms with van der Waals surface area (Å²) in [5.41, 5.74) is 2.78. The quantitative estimate of drug-likeness (QED) is 0.486. The Morgan fingerprint density at radius 2 is 1.92 bits per heavy atom. The summed E-state index contributed by atoms with van der Waals surface area (Å²) in [7, 11) is 0. The number of benzene rings is 2. The summed E-state index contributed by atoms with van der Waals surface area (Å²) in [5, 5.41) is 25.1. The second-order valence-electron chi connectivity index (χ2n) is 4.70. The van der Waals surface area contributed by atoms with Crippen LogP contribution < -0.4 is 10.7 Å². The smallest absolute Gasteiger partial charge is 0.259 e. The van der Waals surface area contributed by atoms with E-state index in [0.29, 0.717) is 5.56 Å². The zero-order chi connectivity index (χ0) is 17.5. The third kappa shape index (κ3) is 4.72. The van der Waals surface area contributed by atoms with E-state index in [1.54, 1.807) is 24.3 Å². The van der Waals surface area contributed by atoms with Gasteiger partial charge in [-0.1, -0.05) is 23.7 Å². The number of carbonyl (C=O) groups excluding carboxylic acids is 2. The maximum Gasteiger partial charge on any atom is 0.259 e. The first kappa shape index (κ1) is 17.3. The summed E-state index contributed by atoms with van der Waals surface area (Å²) >= 11 is 5.89. The molecule has 0 aromatic heterocycles. The minimum absolute atomic E-state index is 0.0871. The molecule has 24 heavy (non-hydrogen) atoms. The van der Waals surface area contributed by atoms with E-state index in [4.69, 9.17) is 16.7 Å². The van der Waals surface area contributed by atoms with Gasteiger partial charge in [0.2, 0.25) is 0 Å². The molecule has 7 nitrogen and oxygen atoms in total. The van der Waals surface area contributed by atoms with E-state index in [0.717, 1.165) is 6.07 Å². The highest BCUT2D eigenvalue weighted by Crippen LogP contribution is 2.20. The standard InChI is InChI=1S/C16H14ClN3O4/c17-13-4-2-1-3-12(13)16(24)18-9-15(23)20-19-8-10-5-6-11(21)7-14(10)22/h1-8,21-22H,9H2,(H,18,24)(H,20,23)/b19-8-. The fourth-order valence-electron chi connectivity index (χ4n) is 1.76. The zero-order valence-corrected chi connectivity index (χ0v) is 13.1. The molecule has 0 saturated carbocycles. The lowest BCUT2D eigenvalue weighted by molar-refractivity contribution is -0.120. The second-order valence-corrected chi connectivity index (χ2v) is 5.11. The van der Waals surface area contributed by atoms with Gasteiger partial charge in [-0.05, 0) is 24.3 Å². The molecule has 2 rings (SSSR count). The van der Waals surface area contributed by atoms with Gasteiger partial charge in [0.1, 0.15) is 11.5 Å². The van der Waals surface area contributed by atoms with Gasteiger partial charge in [-0.15, -0.1) is 0 Å². The number of nitrogens with one attached hydrogen (secondary N) is 2. The Morgan fingerprint density at radius 1 is 1.17 bits per heavy atom. The number of hydrogen-bond donors (Lipinski definition) is 4. The monoisotopic (exact) mass is 347 g/mol. The molecule has 0 atom stereocenters. The van der Waals surface area contributed by atoms with Crippen LogP contribution in [-0.2, 0) is 4.79 Å². The summed E-state index contributed by atoms with van der Waals surface area (Å²) in [6.45, 7) is -0.289. The SMILES string of the molecule is O=C(CNC(=O)c1ccccc1Cl)N/N=C\c1ccc(O)cc1O. The Kier molecular flexibility index (Phi) is 5.75. The summed E-state index contributed by atoms with van der Waals surface area (Å²) in [6, 6.07) is 10.4. The number of aromatic hydroxyl groups is 2. The van der Waals surface area contributed by atoms with Crippen molar-refractivity contribution in [3.05, 3.63) is 58.6 Å². The number of phenolic OH excluding ortho intramolecular Hbond substituents is 2. The van der Waals surface area contributed by atoms with E-state index in [1.807, 2.05) is 0 Å². The van der Waals surface area contributed by atoms with Crippen LogP contribution in [0.1, 0.15) is 15.9 Å². The molecule has 8 heteroatoms. The first-order valence-corrected chi connectivity index (χ1v) is 7.22. The van der Waals surface area contributed by atoms with Crippen molar-refractivity contribution in [2.75, 3.05) is 6.54 Å². The van der Waals surface area contributed by atoms with Crippen molar-refractivity contribution in [1.82, 2.24) is 10.7 Å². The Labute approximate surface area is 142 Å². The van der Waals surface area contributed by atoms with Crippen molar-refractivity contribution < 1.29 is 19.8 Å². The van der Waals surface area contributed by atoms with Gasteiger partial charge in [-0.2, -0.15) is 5.10 Å². The number of hydrazone groups is 1. The molecule has 2 aromatic carbocycles. The lowest BCUT2D eigenvalue weighted by atomic mass is 10.2. The van der Waals surface area contributed by atoms with Crippen molar-refractivity contribution in [3.63, 3.8) is 0 Å². The molecule has 2 aromatic rings. The van der Waals surface area contributed by atoms with Crippen LogP contribution in [0.4, 0.5) is 0 Å². The normalized spacial score (nSPS) is 10.5. The summed E-state index contributed by atoms with van der Waals surface area (Å²) in [5.74, 6) is -1.29. The van der Waals surface area contributed by atoms with E-state index in [-0.39, 0.29) is 28.6 Å². The molecule has 124 valence electrons. The Balaban J connectivity index is 1.84. The van der Waals surface area contributed by atoms with Crippen LogP contribution in [0.25, 0.3) is 0 Å². The molecule has 2 amide bonds. The molecule has 0 unspecified atom stereocenters. The average molecular weight is 348 g/mol. The minimum Gasteiger partial charge on any atom is -0.508 e. The van der Waals surface area contributed by atoms with Crippen molar-refractivity contribution in [1.29, 1.82) is 0 Å². The van der Waals surface area contributed by atoms with Gasteiger partial charge in [0.25, 0.3) is 11.8 Å². The predicted octanol–water partition coefficient (Wildman–Crippen LogP) is 1.63. The first-order valence-electron chi connectivity index (χ1n) is 6.84. The van der Waals surface area contributed by atoms with Crippen LogP contribution in [-0.4, -0.2) is 34.8 Å². The maximum atomic E-state index is 11.9. The van der Waals surface area contributed by atoms with Crippen LogP contribution in [0.15, 0.2) is 47.6 Å². The summed E-state index contributed by atoms with van der Waals surface area (Å²) in [4.78, 5) is 23.5. The van der Waals surface area contributed by atoms with E-state index in [2.05, 4.69) is 15.8 Å². The molecule has 0 aliphatic heterocycles. The maximum absolute atomic E-state index is 11.9. The number of carbonyl (C=O) groups is 2. The number of rotatable bonds is 5. The molecule has 0 saturated heterocycles. The Bertz CT molecular complexity index is 793. The van der Waals surface area contributed by atoms with Gasteiger partial charge in [0.05, 0.1) is 23.3 Å². The second kappa shape index (κ2) is 7.98. The van der Waals surface area contributed by atoms with Crippen molar-refractivity contribution >= 4 is 29.6 Å². The van der Waals surface area contributed by atoms with Gasteiger partial charge in [-0.25, -0.2) is 5.43 Å². The highest BCUT2D eigenvalue weighted by molar-refractivity contribution is 6.33. The highest BCUT2D eigenvalue weighted by atomic mass is 35.5. The first-order chi connectivity index (χ1) is 11.5. The average Bonchev–Trinajstić information content (AvgIpc) is 2.55. The lowest BCUT2D eigenvalue weighted by Gasteiger charge is -2.05. The molecule has 0 radical (unpaired) electrons. The predicted molar refractivity (Wildman–Crippen MR) is 89.3 cm³/mol. The van der Waals surface area contributed by atoms with Crippen LogP contribution in [0.2, 0.25) is 5.02 Å². The van der Waals surface area contributed by atoms with Crippen LogP contribution in [0.5, 0.6) is 11.5 Å². The van der Waals surface area contributed by atoms with E-state index >= 15 is 0 Å².